The highest BCUT2D eigenvalue weighted by Gasteiger charge is 2.10. The monoisotopic (exact) mass is 197 g/mol. The number of benzene rings is 1. The van der Waals surface area contributed by atoms with Crippen LogP contribution in [0.2, 0.25) is 0 Å². The number of hydrogen-bond acceptors (Lipinski definition) is 2. The number of aliphatic hydroxyl groups excluding tert-OH is 1. The first-order valence-corrected chi connectivity index (χ1v) is 4.83. The van der Waals surface area contributed by atoms with Crippen LogP contribution >= 0.6 is 0 Å². The molecule has 0 amide bonds. The summed E-state index contributed by atoms with van der Waals surface area (Å²) in [6.07, 6.45) is 1.68. The van der Waals surface area contributed by atoms with Crippen molar-refractivity contribution >= 4 is 0 Å². The molecular formula is C11H16FNO. The van der Waals surface area contributed by atoms with Gasteiger partial charge in [-0.2, -0.15) is 0 Å². The minimum Gasteiger partial charge on any atom is -0.392 e. The summed E-state index contributed by atoms with van der Waals surface area (Å²) in [4.78, 5) is 0. The van der Waals surface area contributed by atoms with Crippen molar-refractivity contribution in [2.24, 2.45) is 5.73 Å². The molecule has 2 nitrogen and oxygen atoms in total. The van der Waals surface area contributed by atoms with Gasteiger partial charge in [0.15, 0.2) is 0 Å². The summed E-state index contributed by atoms with van der Waals surface area (Å²) >= 11 is 0. The third-order valence-corrected chi connectivity index (χ3v) is 2.24. The zero-order chi connectivity index (χ0) is 10.6. The minimum atomic E-state index is -0.289. The maximum absolute atomic E-state index is 13.3. The maximum atomic E-state index is 13.3. The van der Waals surface area contributed by atoms with Crippen LogP contribution in [0.5, 0.6) is 0 Å². The normalized spacial score (nSPS) is 12.9. The second-order valence-corrected chi connectivity index (χ2v) is 3.41. The van der Waals surface area contributed by atoms with E-state index in [0.29, 0.717) is 11.1 Å². The molecular weight excluding hydrogens is 181 g/mol. The van der Waals surface area contributed by atoms with Gasteiger partial charge in [0.1, 0.15) is 5.82 Å². The van der Waals surface area contributed by atoms with Crippen molar-refractivity contribution in [2.75, 3.05) is 0 Å². The summed E-state index contributed by atoms with van der Waals surface area (Å²) < 4.78 is 13.3. The van der Waals surface area contributed by atoms with Crippen molar-refractivity contribution in [2.45, 2.75) is 32.4 Å². The van der Waals surface area contributed by atoms with Crippen LogP contribution in [0.1, 0.15) is 36.9 Å². The molecule has 0 aliphatic carbocycles. The third-order valence-electron chi connectivity index (χ3n) is 2.24. The van der Waals surface area contributed by atoms with E-state index < -0.39 is 0 Å². The summed E-state index contributed by atoms with van der Waals surface area (Å²) in [5.41, 5.74) is 7.01. The molecule has 0 unspecified atom stereocenters. The lowest BCUT2D eigenvalue weighted by molar-refractivity contribution is 0.281. The summed E-state index contributed by atoms with van der Waals surface area (Å²) in [6, 6.07) is 4.29. The van der Waals surface area contributed by atoms with Gasteiger partial charge < -0.3 is 10.8 Å². The molecule has 0 fully saturated rings. The van der Waals surface area contributed by atoms with Crippen LogP contribution in [0.15, 0.2) is 18.2 Å². The lowest BCUT2D eigenvalue weighted by atomic mass is 10.0. The lowest BCUT2D eigenvalue weighted by Crippen LogP contribution is -2.12. The van der Waals surface area contributed by atoms with Crippen molar-refractivity contribution in [3.63, 3.8) is 0 Å². The van der Waals surface area contributed by atoms with Crippen molar-refractivity contribution in [3.8, 4) is 0 Å². The van der Waals surface area contributed by atoms with Crippen LogP contribution < -0.4 is 5.73 Å². The fourth-order valence-corrected chi connectivity index (χ4v) is 1.44. The van der Waals surface area contributed by atoms with Crippen LogP contribution in [0.4, 0.5) is 4.39 Å². The molecule has 0 aliphatic rings. The van der Waals surface area contributed by atoms with E-state index in [1.165, 1.54) is 6.07 Å². The van der Waals surface area contributed by atoms with Gasteiger partial charge in [-0.25, -0.2) is 4.39 Å². The molecule has 1 aromatic rings. The SMILES string of the molecule is CCC[C@@H](N)c1cc(CO)ccc1F. The number of aliphatic hydroxyl groups is 1. The molecule has 0 aliphatic heterocycles. The van der Waals surface area contributed by atoms with E-state index in [-0.39, 0.29) is 18.5 Å². The zero-order valence-electron chi connectivity index (χ0n) is 8.33. The number of rotatable bonds is 4. The standard InChI is InChI=1S/C11H16FNO/c1-2-3-11(13)9-6-8(7-14)4-5-10(9)12/h4-6,11,14H,2-3,7,13H2,1H3/t11-/m1/s1. The third kappa shape index (κ3) is 2.53. The molecule has 1 atom stereocenters. The Morgan fingerprint density at radius 1 is 1.50 bits per heavy atom. The molecule has 0 aromatic heterocycles. The van der Waals surface area contributed by atoms with Gasteiger partial charge in [0.25, 0.3) is 0 Å². The van der Waals surface area contributed by atoms with Gasteiger partial charge in [0.05, 0.1) is 6.61 Å². The predicted molar refractivity (Wildman–Crippen MR) is 54.2 cm³/mol. The molecule has 3 heteroatoms. The fourth-order valence-electron chi connectivity index (χ4n) is 1.44. The first kappa shape index (κ1) is 11.1. The average Bonchev–Trinajstić information content (AvgIpc) is 2.19. The van der Waals surface area contributed by atoms with Crippen molar-refractivity contribution < 1.29 is 9.50 Å². The highest BCUT2D eigenvalue weighted by molar-refractivity contribution is 5.27. The van der Waals surface area contributed by atoms with E-state index in [2.05, 4.69) is 0 Å². The van der Waals surface area contributed by atoms with Gasteiger partial charge in [-0.05, 0) is 24.1 Å². The Hall–Kier alpha value is -0.930. The highest BCUT2D eigenvalue weighted by Crippen LogP contribution is 2.20. The number of halogens is 1. The molecule has 0 saturated carbocycles. The second-order valence-electron chi connectivity index (χ2n) is 3.41. The van der Waals surface area contributed by atoms with E-state index in [0.717, 1.165) is 12.8 Å². The van der Waals surface area contributed by atoms with Gasteiger partial charge in [-0.3, -0.25) is 0 Å². The first-order chi connectivity index (χ1) is 6.69. The molecule has 0 bridgehead atoms. The summed E-state index contributed by atoms with van der Waals surface area (Å²) in [7, 11) is 0. The molecule has 3 N–H and O–H groups in total. The van der Waals surface area contributed by atoms with Crippen molar-refractivity contribution in [1.29, 1.82) is 0 Å². The van der Waals surface area contributed by atoms with E-state index in [1.807, 2.05) is 6.92 Å². The lowest BCUT2D eigenvalue weighted by Gasteiger charge is -2.12. The van der Waals surface area contributed by atoms with Crippen LogP contribution in [0.25, 0.3) is 0 Å². The van der Waals surface area contributed by atoms with E-state index in [9.17, 15) is 4.39 Å². The Labute approximate surface area is 83.6 Å². The smallest absolute Gasteiger partial charge is 0.127 e. The predicted octanol–water partition coefficient (Wildman–Crippen LogP) is 2.12. The highest BCUT2D eigenvalue weighted by atomic mass is 19.1. The van der Waals surface area contributed by atoms with E-state index in [1.54, 1.807) is 12.1 Å². The quantitative estimate of drug-likeness (QED) is 0.776. The fraction of sp³-hybridized carbons (Fsp3) is 0.455. The van der Waals surface area contributed by atoms with Gasteiger partial charge in [-0.1, -0.05) is 19.4 Å². The molecule has 78 valence electrons. The maximum Gasteiger partial charge on any atom is 0.127 e. The largest absolute Gasteiger partial charge is 0.392 e. The number of nitrogens with two attached hydrogens (primary N) is 1. The summed E-state index contributed by atoms with van der Waals surface area (Å²) in [5.74, 6) is -0.289. The summed E-state index contributed by atoms with van der Waals surface area (Å²) in [5, 5.41) is 8.90. The Kier molecular flexibility index (Phi) is 4.04. The van der Waals surface area contributed by atoms with Crippen LogP contribution in [0, 0.1) is 5.82 Å². The van der Waals surface area contributed by atoms with E-state index >= 15 is 0 Å². The second kappa shape index (κ2) is 5.08. The van der Waals surface area contributed by atoms with Crippen LogP contribution in [0.3, 0.4) is 0 Å². The number of hydrogen-bond donors (Lipinski definition) is 2. The molecule has 0 radical (unpaired) electrons. The Morgan fingerprint density at radius 3 is 2.79 bits per heavy atom. The Bertz CT molecular complexity index is 301. The van der Waals surface area contributed by atoms with Crippen molar-refractivity contribution in [3.05, 3.63) is 35.1 Å². The zero-order valence-corrected chi connectivity index (χ0v) is 8.33. The molecule has 1 rings (SSSR count). The molecule has 0 saturated heterocycles. The van der Waals surface area contributed by atoms with Gasteiger partial charge in [0.2, 0.25) is 0 Å². The van der Waals surface area contributed by atoms with E-state index in [4.69, 9.17) is 10.8 Å². The Morgan fingerprint density at radius 2 is 2.21 bits per heavy atom. The topological polar surface area (TPSA) is 46.2 Å². The molecule has 14 heavy (non-hydrogen) atoms. The van der Waals surface area contributed by atoms with Crippen LogP contribution in [-0.2, 0) is 6.61 Å². The Balaban J connectivity index is 2.93. The molecule has 0 heterocycles. The average molecular weight is 197 g/mol. The minimum absolute atomic E-state index is 0.0773. The van der Waals surface area contributed by atoms with Crippen molar-refractivity contribution in [1.82, 2.24) is 0 Å². The van der Waals surface area contributed by atoms with Gasteiger partial charge >= 0.3 is 0 Å². The molecule has 0 spiro atoms. The van der Waals surface area contributed by atoms with Gasteiger partial charge in [0, 0.05) is 11.6 Å². The van der Waals surface area contributed by atoms with Gasteiger partial charge in [-0.15, -0.1) is 0 Å². The molecule has 1 aromatic carbocycles. The van der Waals surface area contributed by atoms with Crippen LogP contribution in [-0.4, -0.2) is 5.11 Å². The summed E-state index contributed by atoms with van der Waals surface area (Å²) in [6.45, 7) is 1.93. The first-order valence-electron chi connectivity index (χ1n) is 4.83.